The van der Waals surface area contributed by atoms with E-state index in [2.05, 4.69) is 143 Å². The van der Waals surface area contributed by atoms with E-state index in [-0.39, 0.29) is 12.4 Å². The standard InChI is InChI=1S/C52H58N8.ClH/c1-35-29-46-49(32-41(35)53)59(39-21-15-13-16-22-39)51-34-45(37(3)31-48(51)58-46)56-28-20-12-10-8-6-5-7-9-11-19-27-55-43-25-26-44-52(38(43)4)60(40-23-17-14-18-24-40)50-33-42(54)36(2)30-47(50)57-44;/h13-18,21-26,29-34H,5-12,19-20,27-28H2,1-4H3,(H4,53,54,55,56);1H/p+2. The van der Waals surface area contributed by atoms with Gasteiger partial charge in [0.2, 0.25) is 33.4 Å². The number of rotatable bonds is 17. The van der Waals surface area contributed by atoms with E-state index in [0.29, 0.717) is 0 Å². The monoisotopic (exact) mass is 832 g/mol. The van der Waals surface area contributed by atoms with Crippen LogP contribution in [0.1, 0.15) is 86.5 Å². The highest BCUT2D eigenvalue weighted by atomic mass is 35.5. The molecule has 0 aliphatic carbocycles. The van der Waals surface area contributed by atoms with Gasteiger partial charge in [-0.15, -0.1) is 21.5 Å². The summed E-state index contributed by atoms with van der Waals surface area (Å²) in [6.45, 7) is 10.4. The fraction of sp³-hybridized carbons (Fsp3) is 0.308. The second-order valence-corrected chi connectivity index (χ2v) is 16.6. The minimum atomic E-state index is 0. The minimum absolute atomic E-state index is 0. The van der Waals surface area contributed by atoms with Gasteiger partial charge < -0.3 is 22.1 Å². The predicted molar refractivity (Wildman–Crippen MR) is 260 cm³/mol. The van der Waals surface area contributed by atoms with Gasteiger partial charge in [0.25, 0.3) is 0 Å². The number of unbranched alkanes of at least 4 members (excludes halogenated alkanes) is 9. The highest BCUT2D eigenvalue weighted by molar-refractivity contribution is 5.89. The zero-order valence-corrected chi connectivity index (χ0v) is 37.0. The number of aryl methyl sites for hydroxylation is 4. The van der Waals surface area contributed by atoms with Crippen LogP contribution in [0.4, 0.5) is 22.7 Å². The Balaban J connectivity index is 0.00000561. The number of aromatic nitrogens is 4. The van der Waals surface area contributed by atoms with E-state index in [0.717, 1.165) is 91.1 Å². The fourth-order valence-electron chi connectivity index (χ4n) is 8.64. The first-order chi connectivity index (χ1) is 29.3. The number of hydrogen-bond acceptors (Lipinski definition) is 6. The molecule has 0 radical (unpaired) electrons. The van der Waals surface area contributed by atoms with Gasteiger partial charge in [0, 0.05) is 83.9 Å². The Kier molecular flexibility index (Phi) is 13.8. The van der Waals surface area contributed by atoms with Crippen LogP contribution in [0.2, 0.25) is 0 Å². The van der Waals surface area contributed by atoms with Crippen LogP contribution < -0.4 is 31.2 Å². The Bertz CT molecular complexity index is 2760. The smallest absolute Gasteiger partial charge is 0.242 e. The van der Waals surface area contributed by atoms with E-state index in [1.807, 2.05) is 13.8 Å². The summed E-state index contributed by atoms with van der Waals surface area (Å²) in [5.41, 5.74) is 31.5. The maximum absolute atomic E-state index is 6.41. The van der Waals surface area contributed by atoms with Gasteiger partial charge in [0.15, 0.2) is 0 Å². The highest BCUT2D eigenvalue weighted by Gasteiger charge is 2.24. The van der Waals surface area contributed by atoms with Gasteiger partial charge in [0.05, 0.1) is 0 Å². The molecular weight excluding hydrogens is 772 g/mol. The SMILES string of the molecule is Cc1cc2nc3cc(C)c(NCCCCCCCCCCCCNc4ccc5nc6cc(C)c(N)cc6[n+](-c6ccccc6)c5c4C)cc3[n+](-c3ccccc3)c2cc1N.Cl. The van der Waals surface area contributed by atoms with E-state index in [9.17, 15) is 0 Å². The molecule has 9 heteroatoms. The number of nitrogens with one attached hydrogen (secondary N) is 2. The summed E-state index contributed by atoms with van der Waals surface area (Å²) in [6, 6.07) is 38.2. The summed E-state index contributed by atoms with van der Waals surface area (Å²) in [6.07, 6.45) is 12.7. The van der Waals surface area contributed by atoms with Crippen molar-refractivity contribution in [3.8, 4) is 11.4 Å². The lowest BCUT2D eigenvalue weighted by Crippen LogP contribution is -2.34. The molecule has 0 saturated heterocycles. The lowest BCUT2D eigenvalue weighted by Gasteiger charge is -2.13. The number of para-hydroxylation sites is 2. The number of benzene rings is 6. The van der Waals surface area contributed by atoms with Crippen LogP contribution in [-0.2, 0) is 0 Å². The number of nitrogens with zero attached hydrogens (tertiary/aromatic N) is 4. The molecule has 0 saturated carbocycles. The Morgan fingerprint density at radius 1 is 0.443 bits per heavy atom. The van der Waals surface area contributed by atoms with E-state index in [1.54, 1.807) is 0 Å². The molecule has 61 heavy (non-hydrogen) atoms. The number of nitrogen functional groups attached to an aromatic ring is 2. The Morgan fingerprint density at radius 3 is 1.41 bits per heavy atom. The van der Waals surface area contributed by atoms with Gasteiger partial charge >= 0.3 is 0 Å². The maximum atomic E-state index is 6.41. The van der Waals surface area contributed by atoms with Crippen molar-refractivity contribution in [2.45, 2.75) is 91.9 Å². The molecule has 0 fully saturated rings. The summed E-state index contributed by atoms with van der Waals surface area (Å²) in [5, 5.41) is 7.50. The second-order valence-electron chi connectivity index (χ2n) is 16.6. The first kappa shape index (κ1) is 43.1. The molecule has 0 spiro atoms. The number of hydrogen-bond donors (Lipinski definition) is 4. The van der Waals surface area contributed by atoms with Gasteiger partial charge in [-0.3, -0.25) is 0 Å². The van der Waals surface area contributed by atoms with Crippen LogP contribution in [0.15, 0.2) is 109 Å². The molecule has 8 rings (SSSR count). The summed E-state index contributed by atoms with van der Waals surface area (Å²) in [5.74, 6) is 0. The zero-order chi connectivity index (χ0) is 41.6. The molecule has 0 atom stereocenters. The largest absolute Gasteiger partial charge is 0.398 e. The van der Waals surface area contributed by atoms with Gasteiger partial charge in [-0.25, -0.2) is 9.97 Å². The first-order valence-corrected chi connectivity index (χ1v) is 22.0. The average Bonchev–Trinajstić information content (AvgIpc) is 3.25. The number of fused-ring (bicyclic) bond motifs is 4. The lowest BCUT2D eigenvalue weighted by molar-refractivity contribution is -0.538. The third-order valence-electron chi connectivity index (χ3n) is 12.1. The van der Waals surface area contributed by atoms with Crippen molar-refractivity contribution in [3.05, 3.63) is 131 Å². The lowest BCUT2D eigenvalue weighted by atomic mass is 10.1. The molecule has 0 amide bonds. The number of halogens is 1. The van der Waals surface area contributed by atoms with E-state index >= 15 is 0 Å². The zero-order valence-electron chi connectivity index (χ0n) is 36.2. The second kappa shape index (κ2) is 19.6. The molecule has 0 bridgehead atoms. The van der Waals surface area contributed by atoms with E-state index < -0.39 is 0 Å². The van der Waals surface area contributed by atoms with Gasteiger partial charge in [-0.1, -0.05) is 87.8 Å². The molecule has 2 heterocycles. The Morgan fingerprint density at radius 2 is 0.869 bits per heavy atom. The van der Waals surface area contributed by atoms with Crippen molar-refractivity contribution in [1.29, 1.82) is 0 Å². The molecular formula is C52H61ClN8+2. The van der Waals surface area contributed by atoms with Crippen molar-refractivity contribution >= 4 is 79.3 Å². The minimum Gasteiger partial charge on any atom is -0.398 e. The highest BCUT2D eigenvalue weighted by Crippen LogP contribution is 2.29. The molecule has 8 nitrogen and oxygen atoms in total. The molecule has 0 aliphatic rings. The number of anilines is 4. The third kappa shape index (κ3) is 9.50. The molecule has 6 N–H and O–H groups in total. The summed E-state index contributed by atoms with van der Waals surface area (Å²) in [4.78, 5) is 10.1. The van der Waals surface area contributed by atoms with Crippen LogP contribution >= 0.6 is 12.4 Å². The van der Waals surface area contributed by atoms with Gasteiger partial charge in [-0.05, 0) is 87.6 Å². The van der Waals surface area contributed by atoms with Gasteiger partial charge in [-0.2, -0.15) is 0 Å². The van der Waals surface area contributed by atoms with Crippen LogP contribution in [0.3, 0.4) is 0 Å². The van der Waals surface area contributed by atoms with Crippen molar-refractivity contribution in [2.75, 3.05) is 35.2 Å². The van der Waals surface area contributed by atoms with Crippen molar-refractivity contribution < 1.29 is 9.13 Å². The quantitative estimate of drug-likeness (QED) is 0.0315. The maximum Gasteiger partial charge on any atom is 0.242 e. The normalized spacial score (nSPS) is 11.4. The predicted octanol–water partition coefficient (Wildman–Crippen LogP) is 11.9. The topological polar surface area (TPSA) is 110 Å². The Hall–Kier alpha value is -5.99. The van der Waals surface area contributed by atoms with Crippen molar-refractivity contribution in [1.82, 2.24) is 9.97 Å². The fourth-order valence-corrected chi connectivity index (χ4v) is 8.64. The molecule has 2 aromatic heterocycles. The molecule has 0 unspecified atom stereocenters. The number of nitrogens with two attached hydrogens (primary N) is 2. The van der Waals surface area contributed by atoms with Crippen LogP contribution in [0.25, 0.3) is 55.5 Å². The van der Waals surface area contributed by atoms with Crippen molar-refractivity contribution in [2.24, 2.45) is 0 Å². The summed E-state index contributed by atoms with van der Waals surface area (Å²) >= 11 is 0. The Labute approximate surface area is 366 Å². The molecule has 0 aliphatic heterocycles. The summed E-state index contributed by atoms with van der Waals surface area (Å²) in [7, 11) is 0. The first-order valence-electron chi connectivity index (χ1n) is 22.0. The molecule has 6 aromatic carbocycles. The molecule has 8 aromatic rings. The van der Waals surface area contributed by atoms with Gasteiger partial charge in [0.1, 0.15) is 22.1 Å². The average molecular weight is 834 g/mol. The van der Waals surface area contributed by atoms with E-state index in [1.165, 1.54) is 86.7 Å². The summed E-state index contributed by atoms with van der Waals surface area (Å²) < 4.78 is 4.61. The van der Waals surface area contributed by atoms with Crippen LogP contribution in [0.5, 0.6) is 0 Å². The molecule has 314 valence electrons. The van der Waals surface area contributed by atoms with Crippen LogP contribution in [0, 0.1) is 27.7 Å². The van der Waals surface area contributed by atoms with Crippen LogP contribution in [-0.4, -0.2) is 23.1 Å². The van der Waals surface area contributed by atoms with E-state index in [4.69, 9.17) is 21.4 Å². The van der Waals surface area contributed by atoms with Crippen molar-refractivity contribution in [3.63, 3.8) is 0 Å². The third-order valence-corrected chi connectivity index (χ3v) is 12.1.